The minimum Gasteiger partial charge on any atom is -0.465 e. The van der Waals surface area contributed by atoms with Gasteiger partial charge in [-0.2, -0.15) is 0 Å². The molecule has 0 radical (unpaired) electrons. The third-order valence-electron chi connectivity index (χ3n) is 2.48. The Balaban J connectivity index is 2.64. The van der Waals surface area contributed by atoms with Crippen LogP contribution in [0.15, 0.2) is 18.2 Å². The molecule has 0 aromatic heterocycles. The molecule has 110 valence electrons. The fourth-order valence-corrected chi connectivity index (χ4v) is 1.91. The molecule has 5 heteroatoms. The summed E-state index contributed by atoms with van der Waals surface area (Å²) in [7, 11) is 1.30. The number of aryl methyl sites for hydroxylation is 1. The zero-order valence-electron chi connectivity index (χ0n) is 12.2. The lowest BCUT2D eigenvalue weighted by molar-refractivity contribution is -0.154. The zero-order chi connectivity index (χ0) is 15.3. The lowest BCUT2D eigenvalue weighted by Gasteiger charge is -2.19. The maximum atomic E-state index is 11.6. The van der Waals surface area contributed by atoms with E-state index in [-0.39, 0.29) is 12.4 Å². The van der Waals surface area contributed by atoms with Crippen molar-refractivity contribution in [2.45, 2.75) is 39.2 Å². The molecule has 1 aromatic rings. The maximum absolute atomic E-state index is 11.6. The molecule has 0 bridgehead atoms. The molecule has 4 nitrogen and oxygen atoms in total. The second-order valence-corrected chi connectivity index (χ2v) is 5.80. The molecule has 20 heavy (non-hydrogen) atoms. The lowest BCUT2D eigenvalue weighted by Crippen LogP contribution is -2.24. The zero-order valence-corrected chi connectivity index (χ0v) is 12.9. The fourth-order valence-electron chi connectivity index (χ4n) is 1.63. The Morgan fingerprint density at radius 2 is 1.90 bits per heavy atom. The highest BCUT2D eigenvalue weighted by Gasteiger charge is 2.16. The van der Waals surface area contributed by atoms with Crippen LogP contribution in [0.25, 0.3) is 0 Å². The molecule has 0 spiro atoms. The van der Waals surface area contributed by atoms with Gasteiger partial charge in [0.05, 0.1) is 17.7 Å². The molecule has 0 fully saturated rings. The molecule has 1 aromatic carbocycles. The van der Waals surface area contributed by atoms with Crippen molar-refractivity contribution in [1.29, 1.82) is 0 Å². The van der Waals surface area contributed by atoms with Crippen LogP contribution in [0.3, 0.4) is 0 Å². The molecular formula is C15H19ClO4. The molecule has 0 heterocycles. The number of ether oxygens (including phenoxy) is 2. The Morgan fingerprint density at radius 3 is 2.40 bits per heavy atom. The molecule has 1 rings (SSSR count). The number of benzene rings is 1. The van der Waals surface area contributed by atoms with Gasteiger partial charge in [0.25, 0.3) is 0 Å². The van der Waals surface area contributed by atoms with Crippen molar-refractivity contribution in [2.24, 2.45) is 0 Å². The highest BCUT2D eigenvalue weighted by atomic mass is 35.5. The highest BCUT2D eigenvalue weighted by Crippen LogP contribution is 2.20. The van der Waals surface area contributed by atoms with Crippen molar-refractivity contribution < 1.29 is 19.1 Å². The second kappa shape index (κ2) is 6.75. The Morgan fingerprint density at radius 1 is 1.25 bits per heavy atom. The van der Waals surface area contributed by atoms with E-state index in [4.69, 9.17) is 16.3 Å². The second-order valence-electron chi connectivity index (χ2n) is 5.39. The summed E-state index contributed by atoms with van der Waals surface area (Å²) in [5.74, 6) is -0.737. The summed E-state index contributed by atoms with van der Waals surface area (Å²) in [6.07, 6.45) is 0.779. The van der Waals surface area contributed by atoms with Crippen LogP contribution in [0.1, 0.15) is 43.1 Å². The van der Waals surface area contributed by atoms with Gasteiger partial charge in [-0.3, -0.25) is 4.79 Å². The van der Waals surface area contributed by atoms with Gasteiger partial charge in [-0.15, -0.1) is 0 Å². The van der Waals surface area contributed by atoms with Gasteiger partial charge in [0.2, 0.25) is 0 Å². The molecule has 0 unspecified atom stereocenters. The standard InChI is InChI=1S/C15H19ClO4/c1-15(2,3)20-13(17)8-6-10-5-7-11(12(16)9-10)14(18)19-4/h5,7,9H,6,8H2,1-4H3. The summed E-state index contributed by atoms with van der Waals surface area (Å²) in [6.45, 7) is 5.48. The van der Waals surface area contributed by atoms with Gasteiger partial charge in [0, 0.05) is 6.42 Å². The van der Waals surface area contributed by atoms with Crippen LogP contribution in [0.5, 0.6) is 0 Å². The first-order valence-electron chi connectivity index (χ1n) is 6.31. The van der Waals surface area contributed by atoms with Crippen LogP contribution in [0, 0.1) is 0 Å². The predicted molar refractivity (Wildman–Crippen MR) is 77.0 cm³/mol. The van der Waals surface area contributed by atoms with E-state index in [2.05, 4.69) is 4.74 Å². The van der Waals surface area contributed by atoms with Gasteiger partial charge in [-0.05, 0) is 44.9 Å². The molecule has 0 aliphatic rings. The van der Waals surface area contributed by atoms with Gasteiger partial charge < -0.3 is 9.47 Å². The van der Waals surface area contributed by atoms with Gasteiger partial charge >= 0.3 is 11.9 Å². The van der Waals surface area contributed by atoms with Gasteiger partial charge in [0.1, 0.15) is 5.60 Å². The van der Waals surface area contributed by atoms with Crippen molar-refractivity contribution in [1.82, 2.24) is 0 Å². The van der Waals surface area contributed by atoms with E-state index in [9.17, 15) is 9.59 Å². The number of hydrogen-bond acceptors (Lipinski definition) is 4. The van der Waals surface area contributed by atoms with Crippen molar-refractivity contribution in [2.75, 3.05) is 7.11 Å². The Hall–Kier alpha value is -1.55. The summed E-state index contributed by atoms with van der Waals surface area (Å²) in [5.41, 5.74) is 0.701. The number of halogens is 1. The monoisotopic (exact) mass is 298 g/mol. The Labute approximate surface area is 124 Å². The first-order chi connectivity index (χ1) is 9.23. The number of carbonyl (C=O) groups is 2. The van der Waals surface area contributed by atoms with E-state index in [1.54, 1.807) is 18.2 Å². The Bertz CT molecular complexity index is 503. The molecule has 0 amide bonds. The number of esters is 2. The van der Waals surface area contributed by atoms with Crippen molar-refractivity contribution >= 4 is 23.5 Å². The molecule has 0 saturated heterocycles. The third kappa shape index (κ3) is 5.21. The lowest BCUT2D eigenvalue weighted by atomic mass is 10.1. The molecule has 0 N–H and O–H groups in total. The van der Waals surface area contributed by atoms with E-state index in [1.165, 1.54) is 7.11 Å². The minimum atomic E-state index is -0.483. The maximum Gasteiger partial charge on any atom is 0.339 e. The number of carbonyl (C=O) groups excluding carboxylic acids is 2. The van der Waals surface area contributed by atoms with Crippen molar-refractivity contribution in [3.63, 3.8) is 0 Å². The van der Waals surface area contributed by atoms with E-state index in [0.29, 0.717) is 17.0 Å². The first kappa shape index (κ1) is 16.5. The topological polar surface area (TPSA) is 52.6 Å². The third-order valence-corrected chi connectivity index (χ3v) is 2.79. The normalized spacial score (nSPS) is 11.1. The van der Waals surface area contributed by atoms with E-state index in [0.717, 1.165) is 5.56 Å². The molecule has 0 aliphatic heterocycles. The van der Waals surface area contributed by atoms with Crippen LogP contribution in [-0.4, -0.2) is 24.6 Å². The minimum absolute atomic E-state index is 0.259. The summed E-state index contributed by atoms with van der Waals surface area (Å²) in [5, 5.41) is 0.318. The smallest absolute Gasteiger partial charge is 0.339 e. The van der Waals surface area contributed by atoms with Gasteiger partial charge in [0.15, 0.2) is 0 Å². The van der Waals surface area contributed by atoms with E-state index >= 15 is 0 Å². The van der Waals surface area contributed by atoms with Gasteiger partial charge in [-0.1, -0.05) is 17.7 Å². The quantitative estimate of drug-likeness (QED) is 0.799. The summed E-state index contributed by atoms with van der Waals surface area (Å²) < 4.78 is 9.84. The molecule has 0 atom stereocenters. The van der Waals surface area contributed by atoms with Crippen LogP contribution >= 0.6 is 11.6 Å². The summed E-state index contributed by atoms with van der Waals surface area (Å²) in [6, 6.07) is 5.01. The fraction of sp³-hybridized carbons (Fsp3) is 0.467. The number of rotatable bonds is 4. The Kier molecular flexibility index (Phi) is 5.57. The SMILES string of the molecule is COC(=O)c1ccc(CCC(=O)OC(C)(C)C)cc1Cl. The van der Waals surface area contributed by atoms with Crippen LogP contribution in [0.4, 0.5) is 0 Å². The number of methoxy groups -OCH3 is 1. The molecule has 0 aliphatic carbocycles. The first-order valence-corrected chi connectivity index (χ1v) is 6.69. The molecule has 0 saturated carbocycles. The summed E-state index contributed by atoms with van der Waals surface area (Å²) >= 11 is 6.01. The molecular weight excluding hydrogens is 280 g/mol. The van der Waals surface area contributed by atoms with Crippen LogP contribution < -0.4 is 0 Å². The van der Waals surface area contributed by atoms with Crippen LogP contribution in [0.2, 0.25) is 5.02 Å². The van der Waals surface area contributed by atoms with Crippen molar-refractivity contribution in [3.8, 4) is 0 Å². The summed E-state index contributed by atoms with van der Waals surface area (Å²) in [4.78, 5) is 23.0. The average Bonchev–Trinajstić information content (AvgIpc) is 2.33. The van der Waals surface area contributed by atoms with E-state index < -0.39 is 11.6 Å². The predicted octanol–water partition coefficient (Wildman–Crippen LogP) is 3.40. The number of hydrogen-bond donors (Lipinski definition) is 0. The average molecular weight is 299 g/mol. The largest absolute Gasteiger partial charge is 0.465 e. The van der Waals surface area contributed by atoms with Crippen LogP contribution in [-0.2, 0) is 20.7 Å². The highest BCUT2D eigenvalue weighted by molar-refractivity contribution is 6.33. The van der Waals surface area contributed by atoms with Gasteiger partial charge in [-0.25, -0.2) is 4.79 Å². The van der Waals surface area contributed by atoms with Crippen molar-refractivity contribution in [3.05, 3.63) is 34.3 Å². The van der Waals surface area contributed by atoms with E-state index in [1.807, 2.05) is 20.8 Å².